The minimum atomic E-state index is -0.930. The van der Waals surface area contributed by atoms with E-state index in [1.54, 1.807) is 13.2 Å². The number of carboxylic acid groups (broad SMARTS) is 2. The molecule has 7 heteroatoms. The number of carbonyl (C=O) groups is 2. The maximum absolute atomic E-state index is 11.4. The molecule has 0 bridgehead atoms. The van der Waals surface area contributed by atoms with Crippen LogP contribution in [-0.2, 0) is 15.0 Å². The fourth-order valence-corrected chi connectivity index (χ4v) is 4.19. The van der Waals surface area contributed by atoms with Crippen LogP contribution in [0.3, 0.4) is 0 Å². The Balaban J connectivity index is 1.97. The smallest absolute Gasteiger partial charge is 0.303 e. The van der Waals surface area contributed by atoms with Crippen molar-refractivity contribution >= 4 is 23.0 Å². The zero-order valence-corrected chi connectivity index (χ0v) is 15.9. The van der Waals surface area contributed by atoms with Crippen LogP contribution >= 0.6 is 0 Å². The summed E-state index contributed by atoms with van der Waals surface area (Å²) in [6.07, 6.45) is 0.323. The summed E-state index contributed by atoms with van der Waals surface area (Å²) in [5, 5.41) is 18.7. The van der Waals surface area contributed by atoms with Gasteiger partial charge in [0.15, 0.2) is 0 Å². The Labute approximate surface area is 167 Å². The molecule has 7 nitrogen and oxygen atoms in total. The van der Waals surface area contributed by atoms with E-state index in [2.05, 4.69) is 0 Å². The molecule has 2 N–H and O–H groups in total. The lowest BCUT2D eigenvalue weighted by molar-refractivity contribution is -0.137. The van der Waals surface area contributed by atoms with Crippen molar-refractivity contribution in [2.24, 2.45) is 0 Å². The van der Waals surface area contributed by atoms with Crippen molar-refractivity contribution in [1.29, 1.82) is 0 Å². The maximum Gasteiger partial charge on any atom is 0.303 e. The molecule has 0 saturated heterocycles. The lowest BCUT2D eigenvalue weighted by atomic mass is 9.73. The number of aromatic nitrogens is 2. The zero-order valence-electron chi connectivity index (χ0n) is 15.9. The molecule has 0 spiro atoms. The molecule has 29 heavy (non-hydrogen) atoms. The minimum absolute atomic E-state index is 0.0920. The van der Waals surface area contributed by atoms with E-state index < -0.39 is 17.4 Å². The van der Waals surface area contributed by atoms with E-state index >= 15 is 0 Å². The number of hydrogen-bond donors (Lipinski definition) is 2. The number of rotatable bonds is 7. The van der Waals surface area contributed by atoms with Crippen molar-refractivity contribution in [3.63, 3.8) is 0 Å². The van der Waals surface area contributed by atoms with Crippen LogP contribution in [0.15, 0.2) is 42.5 Å². The zero-order chi connectivity index (χ0) is 20.6. The molecular formula is C22H20N2O5. The molecule has 0 fully saturated rings. The van der Waals surface area contributed by atoms with E-state index in [1.807, 2.05) is 36.4 Å². The predicted molar refractivity (Wildman–Crippen MR) is 106 cm³/mol. The van der Waals surface area contributed by atoms with Crippen molar-refractivity contribution in [3.8, 4) is 17.0 Å². The Kier molecular flexibility index (Phi) is 4.66. The average molecular weight is 392 g/mol. The van der Waals surface area contributed by atoms with Gasteiger partial charge in [0.1, 0.15) is 5.75 Å². The van der Waals surface area contributed by atoms with Gasteiger partial charge in [-0.05, 0) is 30.5 Å². The molecule has 4 rings (SSSR count). The first-order valence-electron chi connectivity index (χ1n) is 9.34. The van der Waals surface area contributed by atoms with E-state index in [4.69, 9.17) is 14.7 Å². The molecule has 1 heterocycles. The lowest BCUT2D eigenvalue weighted by Crippen LogP contribution is -2.28. The topological polar surface area (TPSA) is 110 Å². The van der Waals surface area contributed by atoms with Crippen molar-refractivity contribution < 1.29 is 24.5 Å². The van der Waals surface area contributed by atoms with Crippen molar-refractivity contribution in [2.45, 2.75) is 31.1 Å². The van der Waals surface area contributed by atoms with E-state index in [0.717, 1.165) is 11.1 Å². The van der Waals surface area contributed by atoms with E-state index in [-0.39, 0.29) is 25.7 Å². The summed E-state index contributed by atoms with van der Waals surface area (Å²) in [5.41, 5.74) is 3.62. The predicted octanol–water partition coefficient (Wildman–Crippen LogP) is 3.63. The van der Waals surface area contributed by atoms with Gasteiger partial charge in [-0.2, -0.15) is 0 Å². The van der Waals surface area contributed by atoms with Crippen LogP contribution in [0.25, 0.3) is 22.3 Å². The summed E-state index contributed by atoms with van der Waals surface area (Å²) < 4.78 is 5.29. The van der Waals surface area contributed by atoms with E-state index in [0.29, 0.717) is 28.2 Å². The van der Waals surface area contributed by atoms with Crippen LogP contribution < -0.4 is 4.74 Å². The van der Waals surface area contributed by atoms with Crippen LogP contribution in [-0.4, -0.2) is 39.2 Å². The first kappa shape index (κ1) is 18.9. The summed E-state index contributed by atoms with van der Waals surface area (Å²) in [6.45, 7) is 0. The third kappa shape index (κ3) is 3.18. The van der Waals surface area contributed by atoms with Gasteiger partial charge in [0.2, 0.25) is 0 Å². The highest BCUT2D eigenvalue weighted by atomic mass is 16.5. The number of carboxylic acids is 2. The highest BCUT2D eigenvalue weighted by Gasteiger charge is 2.45. The van der Waals surface area contributed by atoms with Gasteiger partial charge in [-0.1, -0.05) is 24.3 Å². The number of ether oxygens (including phenoxy) is 1. The molecule has 0 atom stereocenters. The second-order valence-corrected chi connectivity index (χ2v) is 7.19. The van der Waals surface area contributed by atoms with Gasteiger partial charge in [0, 0.05) is 29.9 Å². The lowest BCUT2D eigenvalue weighted by Gasteiger charge is -2.30. The van der Waals surface area contributed by atoms with Gasteiger partial charge in [0.25, 0.3) is 0 Å². The van der Waals surface area contributed by atoms with Crippen LogP contribution in [0, 0.1) is 0 Å². The standard InChI is InChI=1S/C22H20N2O5/c1-29-13-6-7-16-17(12-13)24-21-20(23-16)14-4-2-3-5-15(14)22(21,10-8-18(25)26)11-9-19(27)28/h2-7,12H,8-11H2,1H3,(H,25,26)(H,27,28). The molecule has 0 saturated carbocycles. The molecule has 0 unspecified atom stereocenters. The Morgan fingerprint density at radius 1 is 0.966 bits per heavy atom. The SMILES string of the molecule is COc1ccc2nc3c(nc2c1)C(CCC(=O)O)(CCC(=O)O)c1ccccc1-3. The Morgan fingerprint density at radius 2 is 1.66 bits per heavy atom. The Morgan fingerprint density at radius 3 is 2.31 bits per heavy atom. The second kappa shape index (κ2) is 7.16. The summed E-state index contributed by atoms with van der Waals surface area (Å²) in [7, 11) is 1.57. The molecule has 0 radical (unpaired) electrons. The fraction of sp³-hybridized carbons (Fsp3) is 0.273. The monoisotopic (exact) mass is 392 g/mol. The number of nitrogens with zero attached hydrogens (tertiary/aromatic N) is 2. The van der Waals surface area contributed by atoms with Gasteiger partial charge in [-0.3, -0.25) is 9.59 Å². The van der Waals surface area contributed by atoms with Crippen molar-refractivity contribution in [2.75, 3.05) is 7.11 Å². The normalized spacial score (nSPS) is 13.7. The molecule has 1 aliphatic rings. The summed E-state index contributed by atoms with van der Waals surface area (Å²) >= 11 is 0. The summed E-state index contributed by atoms with van der Waals surface area (Å²) in [6, 6.07) is 13.1. The first-order valence-corrected chi connectivity index (χ1v) is 9.34. The van der Waals surface area contributed by atoms with Crippen molar-refractivity contribution in [3.05, 3.63) is 53.7 Å². The molecule has 148 valence electrons. The highest BCUT2D eigenvalue weighted by Crippen LogP contribution is 2.52. The van der Waals surface area contributed by atoms with Crippen LogP contribution in [0.1, 0.15) is 36.9 Å². The molecule has 0 aliphatic heterocycles. The number of benzene rings is 2. The highest BCUT2D eigenvalue weighted by molar-refractivity contribution is 5.85. The number of fused-ring (bicyclic) bond motifs is 4. The number of aliphatic carboxylic acids is 2. The molecule has 1 aliphatic carbocycles. The summed E-state index contributed by atoms with van der Waals surface area (Å²) in [4.78, 5) is 32.4. The molecular weight excluding hydrogens is 372 g/mol. The van der Waals surface area contributed by atoms with Crippen LogP contribution in [0.2, 0.25) is 0 Å². The number of methoxy groups -OCH3 is 1. The van der Waals surface area contributed by atoms with Crippen LogP contribution in [0.4, 0.5) is 0 Å². The average Bonchev–Trinajstić information content (AvgIpc) is 2.98. The fourth-order valence-electron chi connectivity index (χ4n) is 4.19. The third-order valence-corrected chi connectivity index (χ3v) is 5.55. The first-order chi connectivity index (χ1) is 13.9. The molecule has 2 aromatic carbocycles. The molecule has 3 aromatic rings. The summed E-state index contributed by atoms with van der Waals surface area (Å²) in [5.74, 6) is -1.22. The van der Waals surface area contributed by atoms with E-state index in [1.165, 1.54) is 0 Å². The van der Waals surface area contributed by atoms with Gasteiger partial charge in [-0.15, -0.1) is 0 Å². The van der Waals surface area contributed by atoms with Gasteiger partial charge in [0.05, 0.1) is 29.5 Å². The van der Waals surface area contributed by atoms with Crippen LogP contribution in [0.5, 0.6) is 5.75 Å². The Hall–Kier alpha value is -3.48. The quantitative estimate of drug-likeness (QED) is 0.632. The maximum atomic E-state index is 11.4. The largest absolute Gasteiger partial charge is 0.497 e. The van der Waals surface area contributed by atoms with Gasteiger partial charge < -0.3 is 14.9 Å². The number of hydrogen-bond acceptors (Lipinski definition) is 5. The molecule has 0 amide bonds. The van der Waals surface area contributed by atoms with E-state index in [9.17, 15) is 19.8 Å². The minimum Gasteiger partial charge on any atom is -0.497 e. The van der Waals surface area contributed by atoms with Gasteiger partial charge >= 0.3 is 11.9 Å². The molecule has 1 aromatic heterocycles. The van der Waals surface area contributed by atoms with Crippen molar-refractivity contribution in [1.82, 2.24) is 9.97 Å². The van der Waals surface area contributed by atoms with Gasteiger partial charge in [-0.25, -0.2) is 9.97 Å². The third-order valence-electron chi connectivity index (χ3n) is 5.55. The Bertz CT molecular complexity index is 1110. The second-order valence-electron chi connectivity index (χ2n) is 7.19.